The molecule has 0 aliphatic heterocycles. The minimum atomic E-state index is -0.466. The summed E-state index contributed by atoms with van der Waals surface area (Å²) in [4.78, 5) is 23.9. The largest absolute Gasteiger partial charge is 0.494 e. The Labute approximate surface area is 191 Å². The van der Waals surface area contributed by atoms with Crippen LogP contribution in [0.25, 0.3) is 6.08 Å². The SMILES string of the molecule is CCOc1ccc(/C=C/C(=O)NC(=S)NNC(=O)COc2cc(C)c(Cl)c(C)c2)cc1. The van der Waals surface area contributed by atoms with E-state index in [2.05, 4.69) is 16.2 Å². The molecule has 2 aromatic carbocycles. The fourth-order valence-corrected chi connectivity index (χ4v) is 2.76. The molecule has 31 heavy (non-hydrogen) atoms. The molecule has 0 saturated carbocycles. The van der Waals surface area contributed by atoms with Crippen molar-refractivity contribution in [2.75, 3.05) is 13.2 Å². The Morgan fingerprint density at radius 2 is 1.68 bits per heavy atom. The third kappa shape index (κ3) is 8.27. The van der Waals surface area contributed by atoms with Crippen LogP contribution in [0.4, 0.5) is 0 Å². The third-order valence-corrected chi connectivity index (χ3v) is 4.75. The van der Waals surface area contributed by atoms with E-state index in [1.807, 2.05) is 45.0 Å². The molecule has 2 aromatic rings. The number of benzene rings is 2. The maximum absolute atomic E-state index is 11.9. The van der Waals surface area contributed by atoms with Crippen LogP contribution in [0.2, 0.25) is 5.02 Å². The summed E-state index contributed by atoms with van der Waals surface area (Å²) in [6.45, 7) is 5.98. The average Bonchev–Trinajstić information content (AvgIpc) is 2.74. The fourth-order valence-electron chi connectivity index (χ4n) is 2.50. The molecule has 0 bridgehead atoms. The molecule has 0 radical (unpaired) electrons. The van der Waals surface area contributed by atoms with Gasteiger partial charge in [-0.05, 0) is 80.0 Å². The highest BCUT2D eigenvalue weighted by Crippen LogP contribution is 2.25. The number of thiocarbonyl (C=S) groups is 1. The molecule has 0 atom stereocenters. The molecule has 0 spiro atoms. The van der Waals surface area contributed by atoms with Gasteiger partial charge in [0.05, 0.1) is 6.61 Å². The smallest absolute Gasteiger partial charge is 0.276 e. The van der Waals surface area contributed by atoms with Gasteiger partial charge in [-0.15, -0.1) is 0 Å². The van der Waals surface area contributed by atoms with Gasteiger partial charge >= 0.3 is 0 Å². The van der Waals surface area contributed by atoms with Gasteiger partial charge < -0.3 is 9.47 Å². The average molecular weight is 462 g/mol. The Bertz CT molecular complexity index is 954. The van der Waals surface area contributed by atoms with Crippen molar-refractivity contribution in [1.82, 2.24) is 16.2 Å². The van der Waals surface area contributed by atoms with Gasteiger partial charge in [0.15, 0.2) is 11.7 Å². The zero-order chi connectivity index (χ0) is 22.8. The quantitative estimate of drug-likeness (QED) is 0.332. The normalized spacial score (nSPS) is 10.5. The molecule has 0 heterocycles. The maximum Gasteiger partial charge on any atom is 0.276 e. The molecule has 0 aliphatic carbocycles. The number of ether oxygens (including phenoxy) is 2. The highest BCUT2D eigenvalue weighted by atomic mass is 35.5. The number of carbonyl (C=O) groups excluding carboxylic acids is 2. The molecular formula is C22H24ClN3O4S. The topological polar surface area (TPSA) is 88.7 Å². The minimum Gasteiger partial charge on any atom is -0.494 e. The number of amides is 2. The first kappa shape index (κ1) is 24.2. The summed E-state index contributed by atoms with van der Waals surface area (Å²) in [6.07, 6.45) is 2.97. The molecule has 2 rings (SSSR count). The Hall–Kier alpha value is -3.10. The van der Waals surface area contributed by atoms with Gasteiger partial charge in [0.1, 0.15) is 11.5 Å². The molecule has 2 amide bonds. The molecule has 0 saturated heterocycles. The van der Waals surface area contributed by atoms with Crippen LogP contribution in [-0.2, 0) is 9.59 Å². The van der Waals surface area contributed by atoms with E-state index >= 15 is 0 Å². The van der Waals surface area contributed by atoms with Crippen molar-refractivity contribution < 1.29 is 19.1 Å². The lowest BCUT2D eigenvalue weighted by atomic mass is 10.1. The van der Waals surface area contributed by atoms with Gasteiger partial charge in [-0.3, -0.25) is 25.8 Å². The standard InChI is InChI=1S/C22H24ClN3O4S/c1-4-29-17-8-5-16(6-9-17)7-10-19(27)24-22(31)26-25-20(28)13-30-18-11-14(2)21(23)15(3)12-18/h5-12H,4,13H2,1-3H3,(H,25,28)(H2,24,26,27,31)/b10-7+. The van der Waals surface area contributed by atoms with Gasteiger partial charge in [-0.25, -0.2) is 0 Å². The number of nitrogens with one attached hydrogen (secondary N) is 3. The third-order valence-electron chi connectivity index (χ3n) is 3.95. The number of halogens is 1. The summed E-state index contributed by atoms with van der Waals surface area (Å²) in [5, 5.41) is 3.05. The molecule has 0 aromatic heterocycles. The van der Waals surface area contributed by atoms with Crippen molar-refractivity contribution in [3.63, 3.8) is 0 Å². The zero-order valence-electron chi connectivity index (χ0n) is 17.5. The van der Waals surface area contributed by atoms with Crippen molar-refractivity contribution in [3.8, 4) is 11.5 Å². The Balaban J connectivity index is 1.72. The monoisotopic (exact) mass is 461 g/mol. The molecule has 164 valence electrons. The first-order chi connectivity index (χ1) is 14.8. The van der Waals surface area contributed by atoms with Crippen molar-refractivity contribution in [3.05, 3.63) is 64.2 Å². The summed E-state index contributed by atoms with van der Waals surface area (Å²) in [5.41, 5.74) is 7.35. The van der Waals surface area contributed by atoms with Gasteiger partial charge in [0.2, 0.25) is 5.91 Å². The van der Waals surface area contributed by atoms with Crippen LogP contribution in [0.5, 0.6) is 11.5 Å². The number of aryl methyl sites for hydroxylation is 2. The van der Waals surface area contributed by atoms with Gasteiger partial charge in [0.25, 0.3) is 5.91 Å². The second kappa shape index (κ2) is 11.9. The number of carbonyl (C=O) groups is 2. The van der Waals surface area contributed by atoms with Gasteiger partial charge in [-0.1, -0.05) is 23.7 Å². The lowest BCUT2D eigenvalue weighted by Crippen LogP contribution is -2.49. The summed E-state index contributed by atoms with van der Waals surface area (Å²) >= 11 is 11.1. The van der Waals surface area contributed by atoms with Crippen LogP contribution >= 0.6 is 23.8 Å². The van der Waals surface area contributed by atoms with Crippen molar-refractivity contribution >= 4 is 46.8 Å². The highest BCUT2D eigenvalue weighted by Gasteiger charge is 2.07. The van der Waals surface area contributed by atoms with Crippen LogP contribution in [0.3, 0.4) is 0 Å². The molecule has 3 N–H and O–H groups in total. The van der Waals surface area contributed by atoms with E-state index in [0.717, 1.165) is 22.4 Å². The first-order valence-electron chi connectivity index (χ1n) is 9.48. The molecular weight excluding hydrogens is 438 g/mol. The zero-order valence-corrected chi connectivity index (χ0v) is 19.0. The van der Waals surface area contributed by atoms with E-state index in [1.54, 1.807) is 18.2 Å². The Morgan fingerprint density at radius 3 is 2.29 bits per heavy atom. The summed E-state index contributed by atoms with van der Waals surface area (Å²) in [6, 6.07) is 10.8. The van der Waals surface area contributed by atoms with E-state index < -0.39 is 11.8 Å². The minimum absolute atomic E-state index is 0.0483. The van der Waals surface area contributed by atoms with Crippen LogP contribution in [0.15, 0.2) is 42.5 Å². The van der Waals surface area contributed by atoms with Crippen LogP contribution in [0.1, 0.15) is 23.6 Å². The lowest BCUT2D eigenvalue weighted by molar-refractivity contribution is -0.123. The van der Waals surface area contributed by atoms with Crippen molar-refractivity contribution in [2.24, 2.45) is 0 Å². The molecule has 9 heteroatoms. The number of rotatable bonds is 7. The first-order valence-corrected chi connectivity index (χ1v) is 10.3. The second-order valence-electron chi connectivity index (χ2n) is 6.49. The van der Waals surface area contributed by atoms with Crippen molar-refractivity contribution in [1.29, 1.82) is 0 Å². The van der Waals surface area contributed by atoms with E-state index in [4.69, 9.17) is 33.3 Å². The van der Waals surface area contributed by atoms with Gasteiger partial charge in [-0.2, -0.15) is 0 Å². The summed E-state index contributed by atoms with van der Waals surface area (Å²) < 4.78 is 10.8. The summed E-state index contributed by atoms with van der Waals surface area (Å²) in [7, 11) is 0. The highest BCUT2D eigenvalue weighted by molar-refractivity contribution is 7.80. The lowest BCUT2D eigenvalue weighted by Gasteiger charge is -2.12. The van der Waals surface area contributed by atoms with Crippen molar-refractivity contribution in [2.45, 2.75) is 20.8 Å². The van der Waals surface area contributed by atoms with Crippen LogP contribution in [-0.4, -0.2) is 30.1 Å². The molecule has 0 fully saturated rings. The number of hydrogen-bond acceptors (Lipinski definition) is 5. The van der Waals surface area contributed by atoms with E-state index in [9.17, 15) is 9.59 Å². The van der Waals surface area contributed by atoms with Crippen LogP contribution in [0, 0.1) is 13.8 Å². The van der Waals surface area contributed by atoms with E-state index in [-0.39, 0.29) is 11.7 Å². The predicted molar refractivity (Wildman–Crippen MR) is 125 cm³/mol. The second-order valence-corrected chi connectivity index (χ2v) is 7.27. The van der Waals surface area contributed by atoms with E-state index in [0.29, 0.717) is 17.4 Å². The maximum atomic E-state index is 11.9. The molecule has 0 unspecified atom stereocenters. The molecule has 7 nitrogen and oxygen atoms in total. The van der Waals surface area contributed by atoms with Gasteiger partial charge in [0, 0.05) is 11.1 Å². The van der Waals surface area contributed by atoms with E-state index in [1.165, 1.54) is 6.08 Å². The number of hydrazine groups is 1. The fraction of sp³-hybridized carbons (Fsp3) is 0.227. The molecule has 0 aliphatic rings. The predicted octanol–water partition coefficient (Wildman–Crippen LogP) is 3.47. The number of hydrogen-bond donors (Lipinski definition) is 3. The summed E-state index contributed by atoms with van der Waals surface area (Å²) in [5.74, 6) is 0.385. The Morgan fingerprint density at radius 1 is 1.03 bits per heavy atom. The Kier molecular flexibility index (Phi) is 9.30. The van der Waals surface area contributed by atoms with Crippen LogP contribution < -0.4 is 25.6 Å².